The van der Waals surface area contributed by atoms with Crippen LogP contribution in [0.1, 0.15) is 25.8 Å². The summed E-state index contributed by atoms with van der Waals surface area (Å²) in [6.07, 6.45) is 2.46. The monoisotopic (exact) mass is 307 g/mol. The largest absolute Gasteiger partial charge is 0.392 e. The number of aromatic amines is 1. The molecule has 0 bridgehead atoms. The molecule has 5 heteroatoms. The maximum atomic E-state index is 9.97. The molecule has 1 aromatic carbocycles. The van der Waals surface area contributed by atoms with Crippen molar-refractivity contribution in [3.63, 3.8) is 0 Å². The normalized spacial score (nSPS) is 14.1. The van der Waals surface area contributed by atoms with Gasteiger partial charge in [0, 0.05) is 29.2 Å². The van der Waals surface area contributed by atoms with Crippen molar-refractivity contribution in [1.82, 2.24) is 15.5 Å². The van der Waals surface area contributed by atoms with Gasteiger partial charge in [0.15, 0.2) is 0 Å². The molecule has 0 radical (unpaired) electrons. The lowest BCUT2D eigenvalue weighted by atomic mass is 10.0. The van der Waals surface area contributed by atoms with Crippen LogP contribution in [0.2, 0.25) is 5.02 Å². The second-order valence-electron chi connectivity index (χ2n) is 5.36. The van der Waals surface area contributed by atoms with E-state index < -0.39 is 0 Å². The molecule has 0 amide bonds. The van der Waals surface area contributed by atoms with Gasteiger partial charge in [-0.05, 0) is 18.1 Å². The summed E-state index contributed by atoms with van der Waals surface area (Å²) in [6, 6.07) is 7.67. The predicted octanol–water partition coefficient (Wildman–Crippen LogP) is 3.23. The zero-order valence-electron chi connectivity index (χ0n) is 12.4. The SMILES string of the molecule is CCC(C)C(O)CNCc1cn[nH]c1-c1cccc(Cl)c1. The molecule has 2 atom stereocenters. The molecule has 2 unspecified atom stereocenters. The first-order valence-electron chi connectivity index (χ1n) is 7.28. The Bertz CT molecular complexity index is 570. The number of aliphatic hydroxyl groups is 1. The van der Waals surface area contributed by atoms with E-state index in [1.807, 2.05) is 24.3 Å². The third-order valence-corrected chi connectivity index (χ3v) is 4.04. The van der Waals surface area contributed by atoms with Crippen LogP contribution in [0.3, 0.4) is 0 Å². The summed E-state index contributed by atoms with van der Waals surface area (Å²) in [5, 5.41) is 21.1. The molecule has 1 heterocycles. The molecule has 0 spiro atoms. The van der Waals surface area contributed by atoms with Gasteiger partial charge in [0.1, 0.15) is 0 Å². The average molecular weight is 308 g/mol. The molecule has 0 aliphatic carbocycles. The topological polar surface area (TPSA) is 60.9 Å². The highest BCUT2D eigenvalue weighted by molar-refractivity contribution is 6.30. The molecule has 0 aliphatic heterocycles. The summed E-state index contributed by atoms with van der Waals surface area (Å²) in [5.41, 5.74) is 3.04. The van der Waals surface area contributed by atoms with Gasteiger partial charge in [-0.1, -0.05) is 44.0 Å². The average Bonchev–Trinajstić information content (AvgIpc) is 2.94. The first kappa shape index (κ1) is 16.0. The first-order valence-corrected chi connectivity index (χ1v) is 7.66. The second kappa shape index (κ2) is 7.59. The molecule has 3 N–H and O–H groups in total. The summed E-state index contributed by atoms with van der Waals surface area (Å²) >= 11 is 6.03. The van der Waals surface area contributed by atoms with Gasteiger partial charge in [-0.3, -0.25) is 5.10 Å². The van der Waals surface area contributed by atoms with Gasteiger partial charge in [-0.2, -0.15) is 5.10 Å². The lowest BCUT2D eigenvalue weighted by Gasteiger charge is -2.17. The number of hydrogen-bond acceptors (Lipinski definition) is 3. The molecule has 2 rings (SSSR count). The second-order valence-corrected chi connectivity index (χ2v) is 5.80. The Hall–Kier alpha value is -1.36. The van der Waals surface area contributed by atoms with Crippen molar-refractivity contribution in [2.45, 2.75) is 32.9 Å². The summed E-state index contributed by atoms with van der Waals surface area (Å²) in [4.78, 5) is 0. The highest BCUT2D eigenvalue weighted by Crippen LogP contribution is 2.23. The Morgan fingerprint density at radius 2 is 2.24 bits per heavy atom. The van der Waals surface area contributed by atoms with Crippen molar-refractivity contribution in [2.24, 2.45) is 5.92 Å². The fourth-order valence-electron chi connectivity index (χ4n) is 2.17. The third-order valence-electron chi connectivity index (χ3n) is 3.80. The minimum Gasteiger partial charge on any atom is -0.392 e. The van der Waals surface area contributed by atoms with E-state index in [1.54, 1.807) is 6.20 Å². The van der Waals surface area contributed by atoms with E-state index in [1.165, 1.54) is 0 Å². The smallest absolute Gasteiger partial charge is 0.0695 e. The molecule has 0 fully saturated rings. The van der Waals surface area contributed by atoms with Crippen LogP contribution in [0.15, 0.2) is 30.5 Å². The quantitative estimate of drug-likeness (QED) is 0.736. The van der Waals surface area contributed by atoms with Gasteiger partial charge in [-0.25, -0.2) is 0 Å². The van der Waals surface area contributed by atoms with Crippen molar-refractivity contribution in [3.05, 3.63) is 41.0 Å². The van der Waals surface area contributed by atoms with Gasteiger partial charge < -0.3 is 10.4 Å². The van der Waals surface area contributed by atoms with Gasteiger partial charge in [0.2, 0.25) is 0 Å². The number of nitrogens with one attached hydrogen (secondary N) is 2. The van der Waals surface area contributed by atoms with Crippen LogP contribution in [-0.4, -0.2) is 28.0 Å². The van der Waals surface area contributed by atoms with Gasteiger partial charge >= 0.3 is 0 Å². The van der Waals surface area contributed by atoms with Crippen LogP contribution in [0.5, 0.6) is 0 Å². The molecule has 114 valence electrons. The van der Waals surface area contributed by atoms with E-state index in [4.69, 9.17) is 11.6 Å². The van der Waals surface area contributed by atoms with E-state index >= 15 is 0 Å². The predicted molar refractivity (Wildman–Crippen MR) is 86.2 cm³/mol. The van der Waals surface area contributed by atoms with Crippen LogP contribution < -0.4 is 5.32 Å². The molecule has 21 heavy (non-hydrogen) atoms. The number of aromatic nitrogens is 2. The Labute approximate surface area is 130 Å². The number of H-pyrrole nitrogens is 1. The van der Waals surface area contributed by atoms with Crippen molar-refractivity contribution in [2.75, 3.05) is 6.54 Å². The third kappa shape index (κ3) is 4.30. The van der Waals surface area contributed by atoms with E-state index in [0.717, 1.165) is 23.2 Å². The molecule has 0 saturated carbocycles. The minimum absolute atomic E-state index is 0.300. The van der Waals surface area contributed by atoms with Crippen molar-refractivity contribution in [1.29, 1.82) is 0 Å². The van der Waals surface area contributed by atoms with Crippen LogP contribution in [0.4, 0.5) is 0 Å². The fourth-order valence-corrected chi connectivity index (χ4v) is 2.36. The lowest BCUT2D eigenvalue weighted by Crippen LogP contribution is -2.31. The van der Waals surface area contributed by atoms with Crippen LogP contribution in [-0.2, 0) is 6.54 Å². The Morgan fingerprint density at radius 3 is 2.95 bits per heavy atom. The zero-order valence-corrected chi connectivity index (χ0v) is 13.2. The van der Waals surface area contributed by atoms with Crippen molar-refractivity contribution < 1.29 is 5.11 Å². The molecule has 0 saturated heterocycles. The van der Waals surface area contributed by atoms with E-state index in [9.17, 15) is 5.11 Å². The highest BCUT2D eigenvalue weighted by atomic mass is 35.5. The van der Waals surface area contributed by atoms with Crippen LogP contribution in [0, 0.1) is 5.92 Å². The summed E-state index contributed by atoms with van der Waals surface area (Å²) < 4.78 is 0. The first-order chi connectivity index (χ1) is 10.1. The molecular formula is C16H22ClN3O. The summed E-state index contributed by atoms with van der Waals surface area (Å²) in [6.45, 7) is 5.38. The molecular weight excluding hydrogens is 286 g/mol. The number of nitrogens with zero attached hydrogens (tertiary/aromatic N) is 1. The van der Waals surface area contributed by atoms with Crippen LogP contribution in [0.25, 0.3) is 11.3 Å². The Balaban J connectivity index is 1.98. The van der Waals surface area contributed by atoms with Gasteiger partial charge in [-0.15, -0.1) is 0 Å². The van der Waals surface area contributed by atoms with Crippen molar-refractivity contribution >= 4 is 11.6 Å². The van der Waals surface area contributed by atoms with Gasteiger partial charge in [0.25, 0.3) is 0 Å². The molecule has 0 aliphatic rings. The molecule has 1 aromatic heterocycles. The minimum atomic E-state index is -0.323. The Kier molecular flexibility index (Phi) is 5.79. The number of halogens is 1. The maximum absolute atomic E-state index is 9.97. The Morgan fingerprint density at radius 1 is 1.43 bits per heavy atom. The maximum Gasteiger partial charge on any atom is 0.0695 e. The zero-order chi connectivity index (χ0) is 15.2. The number of benzene rings is 1. The molecule has 2 aromatic rings. The molecule has 4 nitrogen and oxygen atoms in total. The number of aliphatic hydroxyl groups excluding tert-OH is 1. The number of rotatable bonds is 7. The number of hydrogen-bond donors (Lipinski definition) is 3. The van der Waals surface area contributed by atoms with E-state index in [-0.39, 0.29) is 6.10 Å². The van der Waals surface area contributed by atoms with E-state index in [2.05, 4.69) is 29.4 Å². The fraction of sp³-hybridized carbons (Fsp3) is 0.438. The van der Waals surface area contributed by atoms with Crippen molar-refractivity contribution in [3.8, 4) is 11.3 Å². The van der Waals surface area contributed by atoms with E-state index in [0.29, 0.717) is 24.0 Å². The summed E-state index contributed by atoms with van der Waals surface area (Å²) in [5.74, 6) is 0.300. The van der Waals surface area contributed by atoms with Crippen LogP contribution >= 0.6 is 11.6 Å². The summed E-state index contributed by atoms with van der Waals surface area (Å²) in [7, 11) is 0. The standard InChI is InChI=1S/C16H22ClN3O/c1-3-11(2)15(21)10-18-8-13-9-19-20-16(13)12-5-4-6-14(17)7-12/h4-7,9,11,15,18,21H,3,8,10H2,1-2H3,(H,19,20). The van der Waals surface area contributed by atoms with Gasteiger partial charge in [0.05, 0.1) is 18.0 Å². The highest BCUT2D eigenvalue weighted by Gasteiger charge is 2.13. The lowest BCUT2D eigenvalue weighted by molar-refractivity contribution is 0.113.